The van der Waals surface area contributed by atoms with Crippen molar-refractivity contribution in [1.29, 1.82) is 0 Å². The molecule has 1 aliphatic rings. The second-order valence-electron chi connectivity index (χ2n) is 6.99. The Morgan fingerprint density at radius 1 is 1.20 bits per heavy atom. The fourth-order valence-corrected chi connectivity index (χ4v) is 3.17. The maximum Gasteiger partial charge on any atom is 0.134 e. The molecule has 25 heavy (non-hydrogen) atoms. The number of fused-ring (bicyclic) bond motifs is 1. The Morgan fingerprint density at radius 2 is 2.00 bits per heavy atom. The summed E-state index contributed by atoms with van der Waals surface area (Å²) in [7, 11) is 0. The molecule has 0 unspecified atom stereocenters. The van der Waals surface area contributed by atoms with Gasteiger partial charge in [-0.15, -0.1) is 0 Å². The van der Waals surface area contributed by atoms with E-state index in [9.17, 15) is 5.11 Å². The molecule has 0 spiro atoms. The number of hydrogen-bond acceptors (Lipinski definition) is 5. The predicted molar refractivity (Wildman–Crippen MR) is 102 cm³/mol. The van der Waals surface area contributed by atoms with E-state index in [1.165, 1.54) is 11.1 Å². The summed E-state index contributed by atoms with van der Waals surface area (Å²) < 4.78 is 0. The molecular weight excluding hydrogens is 312 g/mol. The zero-order valence-corrected chi connectivity index (χ0v) is 15.6. The smallest absolute Gasteiger partial charge is 0.134 e. The van der Waals surface area contributed by atoms with E-state index >= 15 is 0 Å². The van der Waals surface area contributed by atoms with Crippen molar-refractivity contribution < 1.29 is 5.11 Å². The van der Waals surface area contributed by atoms with Crippen LogP contribution in [0.25, 0.3) is 0 Å². The van der Waals surface area contributed by atoms with Crippen molar-refractivity contribution in [3.05, 3.63) is 46.8 Å². The highest BCUT2D eigenvalue weighted by Gasteiger charge is 2.19. The summed E-state index contributed by atoms with van der Waals surface area (Å²) in [5.41, 5.74) is 3.63. The largest absolute Gasteiger partial charge is 0.389 e. The number of rotatable bonds is 5. The standard InChI is InChI=1S/C20H28N4O/c1-5-13(2)21-19-11-20(23-15(4)22-19)24-9-8-17-10-16(14(3)25)6-7-18(17)12-24/h6-7,10-11,13-14,25H,5,8-9,12H2,1-4H3,(H,21,22,23)/t13-,14-/m1/s1. The Labute approximate surface area is 150 Å². The quantitative estimate of drug-likeness (QED) is 0.871. The van der Waals surface area contributed by atoms with Crippen molar-refractivity contribution in [3.8, 4) is 0 Å². The molecule has 0 fully saturated rings. The first-order chi connectivity index (χ1) is 12.0. The molecule has 0 saturated heterocycles. The van der Waals surface area contributed by atoms with Crippen LogP contribution >= 0.6 is 0 Å². The van der Waals surface area contributed by atoms with Crippen LogP contribution in [0.1, 0.15) is 55.8 Å². The van der Waals surface area contributed by atoms with E-state index in [0.29, 0.717) is 6.04 Å². The lowest BCUT2D eigenvalue weighted by molar-refractivity contribution is 0.199. The van der Waals surface area contributed by atoms with Gasteiger partial charge in [0.05, 0.1) is 6.10 Å². The minimum Gasteiger partial charge on any atom is -0.389 e. The van der Waals surface area contributed by atoms with Crippen LogP contribution in [0.4, 0.5) is 11.6 Å². The molecule has 3 rings (SSSR count). The van der Waals surface area contributed by atoms with Crippen LogP contribution in [0.15, 0.2) is 24.3 Å². The van der Waals surface area contributed by atoms with E-state index < -0.39 is 6.10 Å². The number of aromatic nitrogens is 2. The first-order valence-corrected chi connectivity index (χ1v) is 9.13. The molecule has 0 amide bonds. The molecular formula is C20H28N4O. The van der Waals surface area contributed by atoms with Gasteiger partial charge in [0.1, 0.15) is 17.5 Å². The summed E-state index contributed by atoms with van der Waals surface area (Å²) in [6, 6.07) is 8.74. The first-order valence-electron chi connectivity index (χ1n) is 9.13. The first kappa shape index (κ1) is 17.7. The number of aliphatic hydroxyl groups excluding tert-OH is 1. The monoisotopic (exact) mass is 340 g/mol. The molecule has 0 bridgehead atoms. The fourth-order valence-electron chi connectivity index (χ4n) is 3.17. The van der Waals surface area contributed by atoms with Gasteiger partial charge in [-0.2, -0.15) is 0 Å². The lowest BCUT2D eigenvalue weighted by Crippen LogP contribution is -2.31. The summed E-state index contributed by atoms with van der Waals surface area (Å²) in [6.07, 6.45) is 1.61. The Bertz CT molecular complexity index is 744. The predicted octanol–water partition coefficient (Wildman–Crippen LogP) is 3.61. The summed E-state index contributed by atoms with van der Waals surface area (Å²) in [5, 5.41) is 13.2. The van der Waals surface area contributed by atoms with Crippen molar-refractivity contribution in [3.63, 3.8) is 0 Å². The minimum atomic E-state index is -0.415. The molecule has 2 aromatic rings. The van der Waals surface area contributed by atoms with Gasteiger partial charge in [0.2, 0.25) is 0 Å². The van der Waals surface area contributed by atoms with Crippen molar-refractivity contribution >= 4 is 11.6 Å². The van der Waals surface area contributed by atoms with Crippen LogP contribution < -0.4 is 10.2 Å². The van der Waals surface area contributed by atoms with Crippen LogP contribution in [0.5, 0.6) is 0 Å². The highest BCUT2D eigenvalue weighted by atomic mass is 16.3. The van der Waals surface area contributed by atoms with Gasteiger partial charge in [-0.05, 0) is 50.3 Å². The zero-order valence-electron chi connectivity index (χ0n) is 15.6. The summed E-state index contributed by atoms with van der Waals surface area (Å²) in [4.78, 5) is 11.5. The van der Waals surface area contributed by atoms with Crippen LogP contribution in [-0.4, -0.2) is 27.7 Å². The Hall–Kier alpha value is -2.14. The van der Waals surface area contributed by atoms with Crippen LogP contribution in [0, 0.1) is 6.92 Å². The highest BCUT2D eigenvalue weighted by Crippen LogP contribution is 2.27. The van der Waals surface area contributed by atoms with Crippen LogP contribution in [0.3, 0.4) is 0 Å². The Balaban J connectivity index is 1.81. The van der Waals surface area contributed by atoms with Gasteiger partial charge >= 0.3 is 0 Å². The molecule has 0 aliphatic carbocycles. The van der Waals surface area contributed by atoms with Gasteiger partial charge in [0, 0.05) is 25.2 Å². The van der Waals surface area contributed by atoms with Crippen LogP contribution in [0.2, 0.25) is 0 Å². The van der Waals surface area contributed by atoms with E-state index in [0.717, 1.165) is 49.0 Å². The Kier molecular flexibility index (Phi) is 5.23. The molecule has 5 heteroatoms. The third-order valence-corrected chi connectivity index (χ3v) is 4.88. The number of hydrogen-bond donors (Lipinski definition) is 2. The second-order valence-corrected chi connectivity index (χ2v) is 6.99. The minimum absolute atomic E-state index is 0.392. The average molecular weight is 340 g/mol. The molecule has 0 radical (unpaired) electrons. The van der Waals surface area contributed by atoms with Gasteiger partial charge in [-0.25, -0.2) is 9.97 Å². The van der Waals surface area contributed by atoms with Crippen molar-refractivity contribution in [1.82, 2.24) is 9.97 Å². The topological polar surface area (TPSA) is 61.3 Å². The molecule has 2 heterocycles. The third kappa shape index (κ3) is 4.10. The van der Waals surface area contributed by atoms with E-state index in [2.05, 4.69) is 46.2 Å². The Morgan fingerprint density at radius 3 is 2.72 bits per heavy atom. The van der Waals surface area contributed by atoms with Gasteiger partial charge in [-0.1, -0.05) is 25.1 Å². The van der Waals surface area contributed by atoms with Gasteiger partial charge < -0.3 is 15.3 Å². The molecule has 0 saturated carbocycles. The molecule has 1 aliphatic heterocycles. The number of aryl methyl sites for hydroxylation is 1. The van der Waals surface area contributed by atoms with Gasteiger partial charge in [0.15, 0.2) is 0 Å². The lowest BCUT2D eigenvalue weighted by Gasteiger charge is -2.30. The normalized spacial score (nSPS) is 16.3. The molecule has 134 valence electrons. The lowest BCUT2D eigenvalue weighted by atomic mass is 9.96. The average Bonchev–Trinajstić information content (AvgIpc) is 2.60. The number of anilines is 2. The fraction of sp³-hybridized carbons (Fsp3) is 0.500. The van der Waals surface area contributed by atoms with Gasteiger partial charge in [0.25, 0.3) is 0 Å². The number of aliphatic hydroxyl groups is 1. The number of nitrogens with one attached hydrogen (secondary N) is 1. The third-order valence-electron chi connectivity index (χ3n) is 4.88. The summed E-state index contributed by atoms with van der Waals surface area (Å²) in [6.45, 7) is 9.85. The highest BCUT2D eigenvalue weighted by molar-refractivity contribution is 5.52. The van der Waals surface area contributed by atoms with E-state index in [1.54, 1.807) is 0 Å². The zero-order chi connectivity index (χ0) is 18.0. The van der Waals surface area contributed by atoms with Crippen molar-refractivity contribution in [2.75, 3.05) is 16.8 Å². The van der Waals surface area contributed by atoms with Crippen molar-refractivity contribution in [2.24, 2.45) is 0 Å². The van der Waals surface area contributed by atoms with Crippen LogP contribution in [-0.2, 0) is 13.0 Å². The summed E-state index contributed by atoms with van der Waals surface area (Å²) in [5.74, 6) is 2.66. The van der Waals surface area contributed by atoms with Crippen molar-refractivity contribution in [2.45, 2.75) is 59.2 Å². The SMILES string of the molecule is CC[C@@H](C)Nc1cc(N2CCc3cc([C@@H](C)O)ccc3C2)nc(C)n1. The molecule has 5 nitrogen and oxygen atoms in total. The molecule has 1 aromatic carbocycles. The maximum absolute atomic E-state index is 9.77. The molecule has 2 N–H and O–H groups in total. The second kappa shape index (κ2) is 7.40. The number of nitrogens with zero attached hydrogens (tertiary/aromatic N) is 3. The van der Waals surface area contributed by atoms with E-state index in [1.807, 2.05) is 26.0 Å². The molecule has 2 atom stereocenters. The van der Waals surface area contributed by atoms with E-state index in [4.69, 9.17) is 0 Å². The van der Waals surface area contributed by atoms with E-state index in [-0.39, 0.29) is 0 Å². The maximum atomic E-state index is 9.77. The van der Waals surface area contributed by atoms with Gasteiger partial charge in [-0.3, -0.25) is 0 Å². The number of benzene rings is 1. The molecule has 1 aromatic heterocycles. The summed E-state index contributed by atoms with van der Waals surface area (Å²) >= 11 is 0.